The summed E-state index contributed by atoms with van der Waals surface area (Å²) >= 11 is 6.27. The molecule has 0 unspecified atom stereocenters. The fourth-order valence-corrected chi connectivity index (χ4v) is 2.48. The van der Waals surface area contributed by atoms with E-state index in [1.807, 2.05) is 35.6 Å². The van der Waals surface area contributed by atoms with Gasteiger partial charge in [0.05, 0.1) is 19.3 Å². The van der Waals surface area contributed by atoms with E-state index in [4.69, 9.17) is 16.3 Å². The van der Waals surface area contributed by atoms with Gasteiger partial charge in [0.2, 0.25) is 0 Å². The van der Waals surface area contributed by atoms with Gasteiger partial charge in [-0.25, -0.2) is 14.3 Å². The molecule has 8 nitrogen and oxygen atoms in total. The summed E-state index contributed by atoms with van der Waals surface area (Å²) in [6.07, 6.45) is -2.16. The van der Waals surface area contributed by atoms with Crippen molar-refractivity contribution in [3.05, 3.63) is 52.3 Å². The number of hydrogen-bond acceptors (Lipinski definition) is 6. The highest BCUT2D eigenvalue weighted by Crippen LogP contribution is 2.22. The average Bonchev–Trinajstić information content (AvgIpc) is 2.89. The molecule has 1 heterocycles. The Morgan fingerprint density at radius 2 is 1.92 bits per heavy atom. The Morgan fingerprint density at radius 1 is 1.27 bits per heavy atom. The number of aromatic nitrogens is 2. The minimum Gasteiger partial charge on any atom is -0.453 e. The second-order valence-electron chi connectivity index (χ2n) is 5.42. The minimum absolute atomic E-state index is 0.0697. The molecule has 0 bridgehead atoms. The van der Waals surface area contributed by atoms with Crippen LogP contribution in [0.15, 0.2) is 30.3 Å². The van der Waals surface area contributed by atoms with Gasteiger partial charge in [0.15, 0.2) is 6.10 Å². The molecule has 0 aliphatic rings. The topological polar surface area (TPSA) is 99.5 Å². The van der Waals surface area contributed by atoms with Crippen molar-refractivity contribution in [2.45, 2.75) is 26.5 Å². The standard InChI is InChI=1S/C17H18ClN3O5/c1-10-13(16(23)26-11(2)15(22)19-17(24)25-3)14(18)21(20-10)9-12-7-5-4-6-8-12/h4-8,11H,9H2,1-3H3,(H,19,22,24)/t11-/m0/s1. The summed E-state index contributed by atoms with van der Waals surface area (Å²) in [6.45, 7) is 3.32. The Kier molecular flexibility index (Phi) is 6.35. The van der Waals surface area contributed by atoms with Gasteiger partial charge in [0, 0.05) is 0 Å². The van der Waals surface area contributed by atoms with Gasteiger partial charge in [-0.15, -0.1) is 0 Å². The second kappa shape index (κ2) is 8.48. The van der Waals surface area contributed by atoms with E-state index in [1.54, 1.807) is 6.92 Å². The van der Waals surface area contributed by atoms with Crippen LogP contribution < -0.4 is 5.32 Å². The third kappa shape index (κ3) is 4.60. The molecule has 0 radical (unpaired) electrons. The van der Waals surface area contributed by atoms with Gasteiger partial charge in [0.25, 0.3) is 5.91 Å². The largest absolute Gasteiger partial charge is 0.453 e. The third-order valence-electron chi connectivity index (χ3n) is 3.51. The monoisotopic (exact) mass is 379 g/mol. The van der Waals surface area contributed by atoms with Crippen molar-refractivity contribution in [2.24, 2.45) is 0 Å². The number of halogens is 1. The summed E-state index contributed by atoms with van der Waals surface area (Å²) in [7, 11) is 1.11. The molecule has 2 aromatic rings. The van der Waals surface area contributed by atoms with Crippen LogP contribution in [0.2, 0.25) is 5.15 Å². The van der Waals surface area contributed by atoms with Gasteiger partial charge in [0.1, 0.15) is 10.7 Å². The van der Waals surface area contributed by atoms with E-state index in [0.717, 1.165) is 12.7 Å². The SMILES string of the molecule is COC(=O)NC(=O)[C@H](C)OC(=O)c1c(C)nn(Cc2ccccc2)c1Cl. The van der Waals surface area contributed by atoms with E-state index in [2.05, 4.69) is 9.84 Å². The lowest BCUT2D eigenvalue weighted by Gasteiger charge is -2.12. The molecule has 138 valence electrons. The zero-order valence-corrected chi connectivity index (χ0v) is 15.2. The minimum atomic E-state index is -1.21. The van der Waals surface area contributed by atoms with Crippen molar-refractivity contribution < 1.29 is 23.9 Å². The van der Waals surface area contributed by atoms with Crippen LogP contribution in [0.5, 0.6) is 0 Å². The number of aryl methyl sites for hydroxylation is 1. The number of amides is 2. The number of methoxy groups -OCH3 is 1. The zero-order chi connectivity index (χ0) is 19.3. The molecule has 0 saturated heterocycles. The average molecular weight is 380 g/mol. The Labute approximate surface area is 155 Å². The summed E-state index contributed by atoms with van der Waals surface area (Å²) in [6, 6.07) is 9.48. The number of rotatable bonds is 5. The number of benzene rings is 1. The Balaban J connectivity index is 2.12. The number of nitrogens with one attached hydrogen (secondary N) is 1. The number of carbonyl (C=O) groups is 3. The molecule has 9 heteroatoms. The fourth-order valence-electron chi connectivity index (χ4n) is 2.17. The molecule has 0 spiro atoms. The predicted molar refractivity (Wildman–Crippen MR) is 92.9 cm³/mol. The lowest BCUT2D eigenvalue weighted by molar-refractivity contribution is -0.128. The van der Waals surface area contributed by atoms with Gasteiger partial charge in [-0.1, -0.05) is 41.9 Å². The van der Waals surface area contributed by atoms with E-state index in [0.29, 0.717) is 12.2 Å². The Morgan fingerprint density at radius 3 is 2.54 bits per heavy atom. The van der Waals surface area contributed by atoms with Crippen LogP contribution >= 0.6 is 11.6 Å². The summed E-state index contributed by atoms with van der Waals surface area (Å²) in [4.78, 5) is 35.2. The Bertz CT molecular complexity index is 819. The Hall–Kier alpha value is -2.87. The summed E-state index contributed by atoms with van der Waals surface area (Å²) in [5, 5.41) is 6.28. The first-order valence-corrected chi connectivity index (χ1v) is 8.08. The molecule has 2 amide bonds. The molecule has 26 heavy (non-hydrogen) atoms. The molecule has 1 N–H and O–H groups in total. The van der Waals surface area contributed by atoms with Crippen molar-refractivity contribution in [2.75, 3.05) is 7.11 Å². The van der Waals surface area contributed by atoms with E-state index in [-0.39, 0.29) is 10.7 Å². The van der Waals surface area contributed by atoms with Crippen molar-refractivity contribution >= 4 is 29.6 Å². The van der Waals surface area contributed by atoms with Crippen molar-refractivity contribution in [1.29, 1.82) is 0 Å². The van der Waals surface area contributed by atoms with Crippen LogP contribution in [0.4, 0.5) is 4.79 Å². The summed E-state index contributed by atoms with van der Waals surface area (Å²) in [5.41, 5.74) is 1.40. The van der Waals surface area contributed by atoms with Gasteiger partial charge < -0.3 is 9.47 Å². The van der Waals surface area contributed by atoms with Crippen LogP contribution in [0.1, 0.15) is 28.5 Å². The van der Waals surface area contributed by atoms with E-state index < -0.39 is 24.1 Å². The second-order valence-corrected chi connectivity index (χ2v) is 5.78. The molecular formula is C17H18ClN3O5. The maximum absolute atomic E-state index is 12.4. The number of imide groups is 1. The van der Waals surface area contributed by atoms with Crippen LogP contribution in [-0.2, 0) is 20.8 Å². The highest BCUT2D eigenvalue weighted by atomic mass is 35.5. The lowest BCUT2D eigenvalue weighted by Crippen LogP contribution is -2.39. The fraction of sp³-hybridized carbons (Fsp3) is 0.294. The first kappa shape index (κ1) is 19.5. The first-order valence-electron chi connectivity index (χ1n) is 7.70. The maximum Gasteiger partial charge on any atom is 0.413 e. The zero-order valence-electron chi connectivity index (χ0n) is 14.5. The number of hydrogen-bond donors (Lipinski definition) is 1. The number of esters is 1. The normalized spacial score (nSPS) is 11.5. The number of ether oxygens (including phenoxy) is 2. The van der Waals surface area contributed by atoms with Crippen LogP contribution in [-0.4, -0.2) is 41.0 Å². The molecular weight excluding hydrogens is 362 g/mol. The molecule has 0 saturated carbocycles. The molecule has 0 aliphatic heterocycles. The molecule has 0 fully saturated rings. The van der Waals surface area contributed by atoms with E-state index in [9.17, 15) is 14.4 Å². The molecule has 1 atom stereocenters. The highest BCUT2D eigenvalue weighted by Gasteiger charge is 2.26. The lowest BCUT2D eigenvalue weighted by atomic mass is 10.2. The van der Waals surface area contributed by atoms with Crippen LogP contribution in [0.25, 0.3) is 0 Å². The van der Waals surface area contributed by atoms with Crippen molar-refractivity contribution in [3.63, 3.8) is 0 Å². The molecule has 1 aromatic heterocycles. The van der Waals surface area contributed by atoms with Crippen molar-refractivity contribution in [1.82, 2.24) is 15.1 Å². The maximum atomic E-state index is 12.4. The van der Waals surface area contributed by atoms with Gasteiger partial charge in [-0.05, 0) is 19.4 Å². The van der Waals surface area contributed by atoms with Gasteiger partial charge >= 0.3 is 12.1 Å². The van der Waals surface area contributed by atoms with Crippen molar-refractivity contribution in [3.8, 4) is 0 Å². The smallest absolute Gasteiger partial charge is 0.413 e. The third-order valence-corrected chi connectivity index (χ3v) is 3.89. The quantitative estimate of drug-likeness (QED) is 0.800. The number of alkyl carbamates (subject to hydrolysis) is 1. The van der Waals surface area contributed by atoms with E-state index >= 15 is 0 Å². The van der Waals surface area contributed by atoms with Gasteiger partial charge in [-0.2, -0.15) is 5.10 Å². The van der Waals surface area contributed by atoms with E-state index in [1.165, 1.54) is 11.6 Å². The number of carbonyl (C=O) groups excluding carboxylic acids is 3. The molecule has 0 aliphatic carbocycles. The first-order chi connectivity index (χ1) is 12.3. The van der Waals surface area contributed by atoms with Gasteiger partial charge in [-0.3, -0.25) is 10.1 Å². The van der Waals surface area contributed by atoms with Crippen LogP contribution in [0, 0.1) is 6.92 Å². The van der Waals surface area contributed by atoms with Crippen LogP contribution in [0.3, 0.4) is 0 Å². The summed E-state index contributed by atoms with van der Waals surface area (Å²) < 4.78 is 10.9. The molecule has 2 rings (SSSR count). The number of nitrogens with zero attached hydrogens (tertiary/aromatic N) is 2. The predicted octanol–water partition coefficient (Wildman–Crippen LogP) is 2.32. The molecule has 1 aromatic carbocycles. The summed E-state index contributed by atoms with van der Waals surface area (Å²) in [5.74, 6) is -1.62. The highest BCUT2D eigenvalue weighted by molar-refractivity contribution is 6.32.